The van der Waals surface area contributed by atoms with Gasteiger partial charge in [-0.1, -0.05) is 20.8 Å². The Morgan fingerprint density at radius 3 is 1.71 bits per heavy atom. The third-order valence-electron chi connectivity index (χ3n) is 14.9. The Hall–Kier alpha value is -5.66. The largest absolute Gasteiger partial charge is 0.365 e. The summed E-state index contributed by atoms with van der Waals surface area (Å²) >= 11 is 0. The number of likely N-dealkylation sites (N-methyl/N-ethyl adjacent to an activating group) is 1. The molecule has 24 heteroatoms. The average Bonchev–Trinajstić information content (AvgIpc) is 4.06. The molecule has 6 aromatic heterocycles. The van der Waals surface area contributed by atoms with E-state index in [9.17, 15) is 16.8 Å². The molecule has 6 aromatic rings. The maximum absolute atomic E-state index is 14.6. The van der Waals surface area contributed by atoms with Crippen molar-refractivity contribution in [2.75, 3.05) is 112 Å². The first-order valence-corrected chi connectivity index (χ1v) is 28.9. The molecule has 4 saturated heterocycles. The van der Waals surface area contributed by atoms with Gasteiger partial charge in [0.05, 0.1) is 46.4 Å². The molecule has 10 rings (SSSR count). The van der Waals surface area contributed by atoms with Gasteiger partial charge in [-0.15, -0.1) is 0 Å². The van der Waals surface area contributed by atoms with E-state index in [1.165, 1.54) is 0 Å². The smallest absolute Gasteiger partial charge is 0.227 e. The molecular weight excluding hydrogens is 969 g/mol. The molecule has 0 bridgehead atoms. The van der Waals surface area contributed by atoms with Gasteiger partial charge in [-0.2, -0.15) is 18.6 Å². The van der Waals surface area contributed by atoms with Gasteiger partial charge in [-0.05, 0) is 83.6 Å². The number of aromatic nitrogens is 10. The molecule has 4 aliphatic rings. The highest BCUT2D eigenvalue weighted by molar-refractivity contribution is 7.89. The van der Waals surface area contributed by atoms with Crippen molar-refractivity contribution in [2.45, 2.75) is 89.9 Å². The van der Waals surface area contributed by atoms with Crippen LogP contribution >= 0.6 is 0 Å². The Balaban J connectivity index is 0.855. The van der Waals surface area contributed by atoms with E-state index in [4.69, 9.17) is 29.9 Å². The minimum Gasteiger partial charge on any atom is -0.365 e. The van der Waals surface area contributed by atoms with Crippen molar-refractivity contribution < 1.29 is 16.8 Å². The van der Waals surface area contributed by atoms with Gasteiger partial charge in [0.1, 0.15) is 22.7 Å². The highest BCUT2D eigenvalue weighted by Gasteiger charge is 2.37. The summed E-state index contributed by atoms with van der Waals surface area (Å²) in [4.78, 5) is 53.7. The molecule has 0 amide bonds. The van der Waals surface area contributed by atoms with Crippen LogP contribution < -0.4 is 20.4 Å². The first-order valence-electron chi connectivity index (χ1n) is 25.6. The van der Waals surface area contributed by atoms with Crippen molar-refractivity contribution in [3.63, 3.8) is 0 Å². The molecule has 4 aliphatic heterocycles. The summed E-state index contributed by atoms with van der Waals surface area (Å²) in [6, 6.07) is 3.46. The Labute approximate surface area is 428 Å². The van der Waals surface area contributed by atoms with Crippen LogP contribution in [0.15, 0.2) is 49.3 Å². The predicted molar refractivity (Wildman–Crippen MR) is 285 cm³/mol. The maximum Gasteiger partial charge on any atom is 0.227 e. The van der Waals surface area contributed by atoms with Gasteiger partial charge in [0.2, 0.25) is 31.9 Å². The number of nitrogens with one attached hydrogen (secondary N) is 4. The van der Waals surface area contributed by atoms with Crippen molar-refractivity contribution >= 4 is 65.9 Å². The zero-order chi connectivity index (χ0) is 51.1. The third-order valence-corrected chi connectivity index (χ3v) is 18.7. The van der Waals surface area contributed by atoms with Crippen LogP contribution in [-0.2, 0) is 20.0 Å². The standard InChI is InChI=1S/C49H70N18O4S2/c1-49(2,3)15-24-72(68,69)66-18-7-9-33(29-66)56-44-38(42-28-53-46-40(59-42)12-17-51-46)26-55-48(61-44)65-23-22-63(6)36(31-65)32-73(70,71)67-19-8-10-34(30-67)57-43-37(41-27-52-45-39(58-41)11-16-50-45)25-54-47(60-43)64-20-13-35(14-21-64)62(4)5/h11-12,16-17,25-28,33-36H,7-10,13-15,18-24,29-32H2,1-6H3,(H,50,52)(H,51,53)(H,54,57,60)(H,55,56,61)/t33-,34-,36?/m0/s1. The molecule has 0 aliphatic carbocycles. The number of hydrogen-bond acceptors (Lipinski definition) is 18. The summed E-state index contributed by atoms with van der Waals surface area (Å²) < 4.78 is 59.6. The first-order chi connectivity index (χ1) is 34.9. The Bertz CT molecular complexity index is 3120. The Morgan fingerprint density at radius 1 is 0.644 bits per heavy atom. The molecule has 0 aromatic carbocycles. The molecule has 1 unspecified atom stereocenters. The SMILES string of the molecule is CN(C)C1CCN(c2ncc(-c3cnc4[nH]ccc4n3)c(N[C@H]3CCCN(S(=O)(=O)CC4CN(c5ncc(-c6cnc7[nH]ccc7n6)c(N[C@H]6CCCN(S(=O)(=O)CCC(C)(C)C)C6)n5)CCN4C)C3)n2)CC1. The Kier molecular flexibility index (Phi) is 14.6. The topological polar surface area (TPSA) is 246 Å². The van der Waals surface area contributed by atoms with Crippen LogP contribution in [0.3, 0.4) is 0 Å². The zero-order valence-corrected chi connectivity index (χ0v) is 44.5. The quantitative estimate of drug-likeness (QED) is 0.112. The summed E-state index contributed by atoms with van der Waals surface area (Å²) in [5, 5.41) is 7.28. The van der Waals surface area contributed by atoms with E-state index in [1.54, 1.807) is 33.4 Å². The molecule has 0 spiro atoms. The molecular formula is C49H70N18O4S2. The van der Waals surface area contributed by atoms with Crippen LogP contribution in [0, 0.1) is 5.41 Å². The van der Waals surface area contributed by atoms with Crippen molar-refractivity contribution in [1.82, 2.24) is 68.3 Å². The van der Waals surface area contributed by atoms with Crippen LogP contribution in [0.4, 0.5) is 23.5 Å². The van der Waals surface area contributed by atoms with Gasteiger partial charge in [0, 0.05) is 108 Å². The van der Waals surface area contributed by atoms with E-state index in [0.717, 1.165) is 44.3 Å². The first kappa shape index (κ1) is 50.9. The summed E-state index contributed by atoms with van der Waals surface area (Å²) in [7, 11) is -1.00. The van der Waals surface area contributed by atoms with Gasteiger partial charge in [-0.3, -0.25) is 4.90 Å². The van der Waals surface area contributed by atoms with Gasteiger partial charge in [0.15, 0.2) is 11.3 Å². The monoisotopic (exact) mass is 1040 g/mol. The number of piperidine rings is 3. The molecule has 0 saturated carbocycles. The number of anilines is 4. The summed E-state index contributed by atoms with van der Waals surface area (Å²) in [6.07, 6.45) is 16.0. The molecule has 10 heterocycles. The molecule has 3 atom stereocenters. The third kappa shape index (κ3) is 11.7. The number of fused-ring (bicyclic) bond motifs is 2. The number of sulfonamides is 2. The van der Waals surface area contributed by atoms with Gasteiger partial charge >= 0.3 is 0 Å². The number of H-pyrrole nitrogens is 2. The van der Waals surface area contributed by atoms with Gasteiger partial charge < -0.3 is 35.3 Å². The molecule has 0 radical (unpaired) electrons. The van der Waals surface area contributed by atoms with E-state index in [-0.39, 0.29) is 41.6 Å². The number of nitrogens with zero attached hydrogens (tertiary/aromatic N) is 14. The van der Waals surface area contributed by atoms with E-state index in [0.29, 0.717) is 127 Å². The minimum absolute atomic E-state index is 0.0815. The number of piperazine rings is 1. The Morgan fingerprint density at radius 2 is 1.18 bits per heavy atom. The van der Waals surface area contributed by atoms with Gasteiger partial charge in [0.25, 0.3) is 0 Å². The maximum atomic E-state index is 14.6. The van der Waals surface area contributed by atoms with Gasteiger partial charge in [-0.25, -0.2) is 46.7 Å². The van der Waals surface area contributed by atoms with Crippen molar-refractivity contribution in [1.29, 1.82) is 0 Å². The lowest BCUT2D eigenvalue weighted by molar-refractivity contribution is 0.230. The van der Waals surface area contributed by atoms with E-state index < -0.39 is 20.0 Å². The fourth-order valence-electron chi connectivity index (χ4n) is 10.4. The lowest BCUT2D eigenvalue weighted by Crippen LogP contribution is -2.56. The highest BCUT2D eigenvalue weighted by Crippen LogP contribution is 2.33. The molecule has 4 N–H and O–H groups in total. The van der Waals surface area contributed by atoms with E-state index in [2.05, 4.69) is 80.1 Å². The summed E-state index contributed by atoms with van der Waals surface area (Å²) in [6.45, 7) is 10.9. The van der Waals surface area contributed by atoms with Crippen LogP contribution in [0.1, 0.15) is 65.7 Å². The van der Waals surface area contributed by atoms with Crippen LogP contribution in [0.5, 0.6) is 0 Å². The summed E-state index contributed by atoms with van der Waals surface area (Å²) in [5.41, 5.74) is 5.21. The number of hydrogen-bond donors (Lipinski definition) is 4. The highest BCUT2D eigenvalue weighted by atomic mass is 32.2. The lowest BCUT2D eigenvalue weighted by Gasteiger charge is -2.41. The molecule has 4 fully saturated rings. The molecule has 22 nitrogen and oxygen atoms in total. The lowest BCUT2D eigenvalue weighted by atomic mass is 9.94. The van der Waals surface area contributed by atoms with Crippen LogP contribution in [0.2, 0.25) is 0 Å². The second-order valence-corrected chi connectivity index (χ2v) is 25.8. The second kappa shape index (κ2) is 20.9. The average molecular weight is 1040 g/mol. The van der Waals surface area contributed by atoms with Crippen molar-refractivity contribution in [2.24, 2.45) is 5.41 Å². The van der Waals surface area contributed by atoms with Crippen LogP contribution in [-0.4, -0.2) is 201 Å². The molecule has 73 heavy (non-hydrogen) atoms. The normalized spacial score (nSPS) is 21.7. The molecule has 392 valence electrons. The summed E-state index contributed by atoms with van der Waals surface area (Å²) in [5.74, 6) is 2.23. The van der Waals surface area contributed by atoms with E-state index in [1.807, 2.05) is 36.5 Å². The number of aromatic amines is 2. The fraction of sp³-hybridized carbons (Fsp3) is 0.592. The number of rotatable bonds is 15. The van der Waals surface area contributed by atoms with Crippen molar-refractivity contribution in [3.05, 3.63) is 49.3 Å². The van der Waals surface area contributed by atoms with Crippen molar-refractivity contribution in [3.8, 4) is 22.5 Å². The van der Waals surface area contributed by atoms with E-state index >= 15 is 0 Å². The minimum atomic E-state index is -3.75. The second-order valence-electron chi connectivity index (χ2n) is 21.6. The van der Waals surface area contributed by atoms with Crippen LogP contribution in [0.25, 0.3) is 44.8 Å². The zero-order valence-electron chi connectivity index (χ0n) is 42.9. The fourth-order valence-corrected chi connectivity index (χ4v) is 14.2. The predicted octanol–water partition coefficient (Wildman–Crippen LogP) is 4.34.